The van der Waals surface area contributed by atoms with Crippen molar-refractivity contribution in [1.82, 2.24) is 15.0 Å². The average molecular weight is 337 g/mol. The second-order valence-corrected chi connectivity index (χ2v) is 5.99. The summed E-state index contributed by atoms with van der Waals surface area (Å²) in [5.41, 5.74) is 5.05. The maximum absolute atomic E-state index is 5.47. The molecule has 0 saturated carbocycles. The van der Waals surface area contributed by atoms with Gasteiger partial charge in [-0.1, -0.05) is 0 Å². The van der Waals surface area contributed by atoms with E-state index in [9.17, 15) is 0 Å². The fourth-order valence-electron chi connectivity index (χ4n) is 2.83. The number of methoxy groups -OCH3 is 2. The van der Waals surface area contributed by atoms with Crippen LogP contribution in [0.4, 0.5) is 0 Å². The molecule has 0 saturated heterocycles. The molecular formula is C18H15N3O2S. The number of hydrogen-bond donors (Lipinski definition) is 1. The summed E-state index contributed by atoms with van der Waals surface area (Å²) in [4.78, 5) is 12.1. The molecule has 0 radical (unpaired) electrons. The Kier molecular flexibility index (Phi) is 3.66. The molecule has 4 heterocycles. The Morgan fingerprint density at radius 3 is 2.67 bits per heavy atom. The fourth-order valence-corrected chi connectivity index (χ4v) is 3.48. The zero-order valence-corrected chi connectivity index (χ0v) is 14.1. The fraction of sp³-hybridized carbons (Fsp3) is 0.111. The Bertz CT molecular complexity index is 993. The lowest BCUT2D eigenvalue weighted by atomic mass is 10.0. The lowest BCUT2D eigenvalue weighted by Gasteiger charge is -2.09. The molecule has 24 heavy (non-hydrogen) atoms. The predicted octanol–water partition coefficient (Wildman–Crippen LogP) is 4.37. The predicted molar refractivity (Wildman–Crippen MR) is 95.7 cm³/mol. The third-order valence-corrected chi connectivity index (χ3v) is 4.62. The van der Waals surface area contributed by atoms with Crippen LogP contribution in [0.15, 0.2) is 47.4 Å². The minimum atomic E-state index is 0.520. The Morgan fingerprint density at radius 2 is 1.92 bits per heavy atom. The van der Waals surface area contributed by atoms with E-state index in [1.165, 1.54) is 5.56 Å². The molecule has 0 aliphatic heterocycles. The number of aromatic amines is 1. The van der Waals surface area contributed by atoms with Gasteiger partial charge in [-0.2, -0.15) is 16.3 Å². The van der Waals surface area contributed by atoms with E-state index in [0.717, 1.165) is 27.7 Å². The van der Waals surface area contributed by atoms with Crippen LogP contribution >= 0.6 is 11.3 Å². The minimum Gasteiger partial charge on any atom is -0.481 e. The van der Waals surface area contributed by atoms with Crippen molar-refractivity contribution < 1.29 is 9.47 Å². The van der Waals surface area contributed by atoms with Crippen molar-refractivity contribution in [1.29, 1.82) is 0 Å². The van der Waals surface area contributed by atoms with Gasteiger partial charge in [-0.25, -0.2) is 4.98 Å². The third-order valence-electron chi connectivity index (χ3n) is 3.93. The van der Waals surface area contributed by atoms with Gasteiger partial charge in [0.25, 0.3) is 0 Å². The van der Waals surface area contributed by atoms with Crippen LogP contribution in [0.5, 0.6) is 11.8 Å². The van der Waals surface area contributed by atoms with Gasteiger partial charge in [0.15, 0.2) is 0 Å². The summed E-state index contributed by atoms with van der Waals surface area (Å²) in [6.07, 6.45) is 3.76. The van der Waals surface area contributed by atoms with Gasteiger partial charge in [-0.05, 0) is 40.1 Å². The SMILES string of the molecule is COc1ccc(-c2c[nH]c3nccc(-c4ccsc4)c23)c(OC)n1. The van der Waals surface area contributed by atoms with Gasteiger partial charge in [-0.15, -0.1) is 0 Å². The van der Waals surface area contributed by atoms with Crippen LogP contribution in [0.1, 0.15) is 0 Å². The molecule has 0 bridgehead atoms. The number of fused-ring (bicyclic) bond motifs is 1. The van der Waals surface area contributed by atoms with Crippen molar-refractivity contribution in [2.24, 2.45) is 0 Å². The summed E-state index contributed by atoms with van der Waals surface area (Å²) in [7, 11) is 3.20. The number of pyridine rings is 2. The highest BCUT2D eigenvalue weighted by molar-refractivity contribution is 7.08. The quantitative estimate of drug-likeness (QED) is 0.601. The molecule has 0 unspecified atom stereocenters. The number of ether oxygens (including phenoxy) is 2. The first-order valence-electron chi connectivity index (χ1n) is 7.40. The molecule has 120 valence electrons. The number of aromatic nitrogens is 3. The van der Waals surface area contributed by atoms with Crippen molar-refractivity contribution >= 4 is 22.4 Å². The van der Waals surface area contributed by atoms with Crippen LogP contribution in [0.3, 0.4) is 0 Å². The molecule has 0 aliphatic rings. The highest BCUT2D eigenvalue weighted by atomic mass is 32.1. The third kappa shape index (κ3) is 2.32. The zero-order chi connectivity index (χ0) is 16.5. The number of nitrogens with one attached hydrogen (secondary N) is 1. The maximum Gasteiger partial charge on any atom is 0.224 e. The monoisotopic (exact) mass is 337 g/mol. The molecule has 4 rings (SSSR count). The molecular weight excluding hydrogens is 322 g/mol. The van der Waals surface area contributed by atoms with E-state index in [0.29, 0.717) is 11.8 Å². The first-order chi connectivity index (χ1) is 11.8. The summed E-state index contributed by atoms with van der Waals surface area (Å²) in [6.45, 7) is 0. The van der Waals surface area contributed by atoms with E-state index < -0.39 is 0 Å². The number of H-pyrrole nitrogens is 1. The smallest absolute Gasteiger partial charge is 0.224 e. The largest absolute Gasteiger partial charge is 0.481 e. The molecule has 0 atom stereocenters. The second kappa shape index (κ2) is 5.98. The molecule has 0 fully saturated rings. The van der Waals surface area contributed by atoms with Crippen molar-refractivity contribution in [3.8, 4) is 34.0 Å². The standard InChI is InChI=1S/C18H15N3O2S/c1-22-15-4-3-13(18(21-15)23-2)14-9-20-17-16(14)12(5-7-19-17)11-6-8-24-10-11/h3-10H,1-2H3,(H,19,20). The molecule has 4 aromatic heterocycles. The van der Waals surface area contributed by atoms with Crippen LogP contribution < -0.4 is 9.47 Å². The van der Waals surface area contributed by atoms with Crippen molar-refractivity contribution in [2.75, 3.05) is 14.2 Å². The van der Waals surface area contributed by atoms with Gasteiger partial charge in [0.2, 0.25) is 11.8 Å². The zero-order valence-electron chi connectivity index (χ0n) is 13.2. The molecule has 6 heteroatoms. The van der Waals surface area contributed by atoms with Crippen molar-refractivity contribution in [3.05, 3.63) is 47.4 Å². The first-order valence-corrected chi connectivity index (χ1v) is 8.34. The number of hydrogen-bond acceptors (Lipinski definition) is 5. The first kappa shape index (κ1) is 14.7. The molecule has 5 nitrogen and oxygen atoms in total. The van der Waals surface area contributed by atoms with E-state index in [2.05, 4.69) is 31.8 Å². The van der Waals surface area contributed by atoms with Crippen LogP contribution in [0, 0.1) is 0 Å². The summed E-state index contributed by atoms with van der Waals surface area (Å²) in [6, 6.07) is 7.93. The minimum absolute atomic E-state index is 0.520. The van der Waals surface area contributed by atoms with E-state index in [1.807, 2.05) is 30.6 Å². The van der Waals surface area contributed by atoms with E-state index in [1.54, 1.807) is 25.6 Å². The molecule has 0 aliphatic carbocycles. The Morgan fingerprint density at radius 1 is 1.00 bits per heavy atom. The molecule has 0 aromatic carbocycles. The highest BCUT2D eigenvalue weighted by Crippen LogP contribution is 2.39. The Balaban J connectivity index is 1.99. The lowest BCUT2D eigenvalue weighted by molar-refractivity contribution is 0.366. The summed E-state index contributed by atoms with van der Waals surface area (Å²) in [5, 5.41) is 5.26. The number of thiophene rings is 1. The molecule has 4 aromatic rings. The van der Waals surface area contributed by atoms with Gasteiger partial charge < -0.3 is 14.5 Å². The molecule has 0 spiro atoms. The van der Waals surface area contributed by atoms with Gasteiger partial charge in [0.05, 0.1) is 14.2 Å². The topological polar surface area (TPSA) is 60.0 Å². The second-order valence-electron chi connectivity index (χ2n) is 5.21. The van der Waals surface area contributed by atoms with Crippen LogP contribution in [-0.2, 0) is 0 Å². The maximum atomic E-state index is 5.47. The molecule has 1 N–H and O–H groups in total. The van der Waals surface area contributed by atoms with Gasteiger partial charge in [0, 0.05) is 35.0 Å². The summed E-state index contributed by atoms with van der Waals surface area (Å²) < 4.78 is 10.7. The summed E-state index contributed by atoms with van der Waals surface area (Å²) >= 11 is 1.68. The molecule has 0 amide bonds. The number of rotatable bonds is 4. The lowest BCUT2D eigenvalue weighted by Crippen LogP contribution is -1.94. The number of nitrogens with zero attached hydrogens (tertiary/aromatic N) is 2. The van der Waals surface area contributed by atoms with Crippen LogP contribution in [0.2, 0.25) is 0 Å². The Labute approximate surface area is 142 Å². The van der Waals surface area contributed by atoms with Crippen molar-refractivity contribution in [2.45, 2.75) is 0 Å². The van der Waals surface area contributed by atoms with Crippen LogP contribution in [-0.4, -0.2) is 29.2 Å². The van der Waals surface area contributed by atoms with Gasteiger partial charge in [0.1, 0.15) is 5.65 Å². The van der Waals surface area contributed by atoms with Crippen LogP contribution in [0.25, 0.3) is 33.3 Å². The normalized spacial score (nSPS) is 10.9. The van der Waals surface area contributed by atoms with Crippen molar-refractivity contribution in [3.63, 3.8) is 0 Å². The highest BCUT2D eigenvalue weighted by Gasteiger charge is 2.17. The van der Waals surface area contributed by atoms with Gasteiger partial charge >= 0.3 is 0 Å². The van der Waals surface area contributed by atoms with E-state index in [-0.39, 0.29) is 0 Å². The van der Waals surface area contributed by atoms with E-state index in [4.69, 9.17) is 9.47 Å². The van der Waals surface area contributed by atoms with Gasteiger partial charge in [-0.3, -0.25) is 0 Å². The van der Waals surface area contributed by atoms with E-state index >= 15 is 0 Å². The Hall–Kier alpha value is -2.86. The average Bonchev–Trinajstić information content (AvgIpc) is 3.30. The summed E-state index contributed by atoms with van der Waals surface area (Å²) in [5.74, 6) is 1.04.